The van der Waals surface area contributed by atoms with Crippen molar-refractivity contribution in [3.8, 4) is 0 Å². The first kappa shape index (κ1) is 13.6. The SMILES string of the molecule is Cn1ccc(=O)n(CCNc2cccc(Br)c2)c1=O. The van der Waals surface area contributed by atoms with Crippen molar-refractivity contribution < 1.29 is 0 Å². The maximum atomic E-state index is 11.8. The predicted molar refractivity (Wildman–Crippen MR) is 78.6 cm³/mol. The quantitative estimate of drug-likeness (QED) is 0.925. The van der Waals surface area contributed by atoms with E-state index >= 15 is 0 Å². The molecule has 19 heavy (non-hydrogen) atoms. The van der Waals surface area contributed by atoms with Gasteiger partial charge in [0.15, 0.2) is 0 Å². The summed E-state index contributed by atoms with van der Waals surface area (Å²) in [7, 11) is 1.63. The van der Waals surface area contributed by atoms with Gasteiger partial charge in [-0.25, -0.2) is 4.79 Å². The molecular formula is C13H14BrN3O2. The molecule has 0 aliphatic rings. The third kappa shape index (κ3) is 3.35. The Hall–Kier alpha value is -1.82. The number of benzene rings is 1. The Morgan fingerprint density at radius 2 is 2.05 bits per heavy atom. The van der Waals surface area contributed by atoms with E-state index in [1.54, 1.807) is 7.05 Å². The molecule has 2 rings (SSSR count). The zero-order chi connectivity index (χ0) is 13.8. The lowest BCUT2D eigenvalue weighted by atomic mass is 10.3. The zero-order valence-electron chi connectivity index (χ0n) is 10.5. The van der Waals surface area contributed by atoms with Crippen LogP contribution in [-0.2, 0) is 13.6 Å². The Labute approximate surface area is 118 Å². The highest BCUT2D eigenvalue weighted by Crippen LogP contribution is 2.15. The van der Waals surface area contributed by atoms with Crippen LogP contribution in [0, 0.1) is 0 Å². The molecular weight excluding hydrogens is 310 g/mol. The van der Waals surface area contributed by atoms with E-state index in [1.807, 2.05) is 24.3 Å². The van der Waals surface area contributed by atoms with Gasteiger partial charge in [-0.3, -0.25) is 9.36 Å². The number of rotatable bonds is 4. The van der Waals surface area contributed by atoms with Crippen LogP contribution in [0.5, 0.6) is 0 Å². The molecule has 0 radical (unpaired) electrons. The average Bonchev–Trinajstić information content (AvgIpc) is 2.38. The lowest BCUT2D eigenvalue weighted by molar-refractivity contribution is 0.607. The lowest BCUT2D eigenvalue weighted by Crippen LogP contribution is -2.39. The summed E-state index contributed by atoms with van der Waals surface area (Å²) in [6.45, 7) is 0.842. The number of hydrogen-bond donors (Lipinski definition) is 1. The van der Waals surface area contributed by atoms with Gasteiger partial charge in [0.05, 0.1) is 0 Å². The van der Waals surface area contributed by atoms with Crippen molar-refractivity contribution in [3.05, 3.63) is 61.8 Å². The standard InChI is InChI=1S/C13H14BrN3O2/c1-16-7-5-12(18)17(13(16)19)8-6-15-11-4-2-3-10(14)9-11/h2-5,7,9,15H,6,8H2,1H3. The second-order valence-electron chi connectivity index (χ2n) is 4.14. The van der Waals surface area contributed by atoms with Crippen LogP contribution in [0.2, 0.25) is 0 Å². The van der Waals surface area contributed by atoms with Gasteiger partial charge in [0.25, 0.3) is 5.56 Å². The third-order valence-electron chi connectivity index (χ3n) is 2.73. The van der Waals surface area contributed by atoms with Crippen molar-refractivity contribution in [2.75, 3.05) is 11.9 Å². The van der Waals surface area contributed by atoms with Crippen LogP contribution >= 0.6 is 15.9 Å². The molecule has 1 aromatic heterocycles. The molecule has 6 heteroatoms. The van der Waals surface area contributed by atoms with Crippen LogP contribution in [-0.4, -0.2) is 15.7 Å². The average molecular weight is 324 g/mol. The van der Waals surface area contributed by atoms with E-state index in [-0.39, 0.29) is 11.2 Å². The Kier molecular flexibility index (Phi) is 4.21. The number of hydrogen-bond acceptors (Lipinski definition) is 3. The summed E-state index contributed by atoms with van der Waals surface area (Å²) in [4.78, 5) is 23.4. The number of nitrogens with one attached hydrogen (secondary N) is 1. The van der Waals surface area contributed by atoms with Gasteiger partial charge < -0.3 is 9.88 Å². The molecule has 0 atom stereocenters. The summed E-state index contributed by atoms with van der Waals surface area (Å²) in [6, 6.07) is 9.10. The molecule has 100 valence electrons. The van der Waals surface area contributed by atoms with E-state index < -0.39 is 0 Å². The first-order valence-electron chi connectivity index (χ1n) is 5.84. The van der Waals surface area contributed by atoms with Crippen LogP contribution in [0.25, 0.3) is 0 Å². The van der Waals surface area contributed by atoms with Crippen molar-refractivity contribution >= 4 is 21.6 Å². The maximum absolute atomic E-state index is 11.8. The van der Waals surface area contributed by atoms with Gasteiger partial charge in [-0.1, -0.05) is 22.0 Å². The number of aryl methyl sites for hydroxylation is 1. The molecule has 0 fully saturated rings. The molecule has 0 amide bonds. The van der Waals surface area contributed by atoms with Gasteiger partial charge in [-0.05, 0) is 18.2 Å². The third-order valence-corrected chi connectivity index (χ3v) is 3.22. The molecule has 0 spiro atoms. The fraction of sp³-hybridized carbons (Fsp3) is 0.231. The fourth-order valence-corrected chi connectivity index (χ4v) is 2.13. The highest BCUT2D eigenvalue weighted by atomic mass is 79.9. The minimum Gasteiger partial charge on any atom is -0.383 e. The Morgan fingerprint density at radius 1 is 1.26 bits per heavy atom. The molecule has 1 N–H and O–H groups in total. The maximum Gasteiger partial charge on any atom is 0.330 e. The first-order valence-corrected chi connectivity index (χ1v) is 6.63. The topological polar surface area (TPSA) is 56.0 Å². The van der Waals surface area contributed by atoms with Crippen molar-refractivity contribution in [1.29, 1.82) is 0 Å². The zero-order valence-corrected chi connectivity index (χ0v) is 12.1. The fourth-order valence-electron chi connectivity index (χ4n) is 1.73. The van der Waals surface area contributed by atoms with Gasteiger partial charge in [-0.15, -0.1) is 0 Å². The number of nitrogens with zero attached hydrogens (tertiary/aromatic N) is 2. The second-order valence-corrected chi connectivity index (χ2v) is 5.05. The van der Waals surface area contributed by atoms with Crippen molar-refractivity contribution in [1.82, 2.24) is 9.13 Å². The summed E-state index contributed by atoms with van der Waals surface area (Å²) >= 11 is 3.38. The summed E-state index contributed by atoms with van der Waals surface area (Å²) in [6.07, 6.45) is 1.48. The van der Waals surface area contributed by atoms with Crippen LogP contribution in [0.15, 0.2) is 50.6 Å². The minimum atomic E-state index is -0.302. The molecule has 5 nitrogen and oxygen atoms in total. The van der Waals surface area contributed by atoms with E-state index in [0.29, 0.717) is 13.1 Å². The molecule has 0 bridgehead atoms. The number of anilines is 1. The summed E-state index contributed by atoms with van der Waals surface area (Å²) in [5.74, 6) is 0. The first-order chi connectivity index (χ1) is 9.08. The predicted octanol–water partition coefficient (Wildman–Crippen LogP) is 1.42. The molecule has 0 saturated carbocycles. The molecule has 0 aliphatic heterocycles. The van der Waals surface area contributed by atoms with Crippen LogP contribution in [0.4, 0.5) is 5.69 Å². The van der Waals surface area contributed by atoms with Crippen LogP contribution in [0.3, 0.4) is 0 Å². The Bertz CT molecular complexity index is 691. The van der Waals surface area contributed by atoms with Gasteiger partial charge in [0.1, 0.15) is 0 Å². The van der Waals surface area contributed by atoms with Gasteiger partial charge in [0.2, 0.25) is 0 Å². The molecule has 2 aromatic rings. The van der Waals surface area contributed by atoms with Crippen LogP contribution in [0.1, 0.15) is 0 Å². The van der Waals surface area contributed by atoms with E-state index in [4.69, 9.17) is 0 Å². The van der Waals surface area contributed by atoms with Gasteiger partial charge >= 0.3 is 5.69 Å². The highest BCUT2D eigenvalue weighted by Gasteiger charge is 2.02. The van der Waals surface area contributed by atoms with Crippen molar-refractivity contribution in [2.45, 2.75) is 6.54 Å². The molecule has 1 heterocycles. The second kappa shape index (κ2) is 5.88. The summed E-state index contributed by atoms with van der Waals surface area (Å²) in [5, 5.41) is 3.17. The summed E-state index contributed by atoms with van der Waals surface area (Å²) in [5.41, 5.74) is 0.359. The number of halogens is 1. The Morgan fingerprint density at radius 3 is 2.79 bits per heavy atom. The minimum absolute atomic E-state index is 0.279. The normalized spacial score (nSPS) is 10.4. The number of aromatic nitrogens is 2. The molecule has 0 saturated heterocycles. The summed E-state index contributed by atoms with van der Waals surface area (Å²) < 4.78 is 3.58. The van der Waals surface area contributed by atoms with Crippen LogP contribution < -0.4 is 16.6 Å². The van der Waals surface area contributed by atoms with Gasteiger partial charge in [-0.2, -0.15) is 0 Å². The van der Waals surface area contributed by atoms with Crippen molar-refractivity contribution in [2.24, 2.45) is 7.05 Å². The molecule has 1 aromatic carbocycles. The van der Waals surface area contributed by atoms with E-state index in [1.165, 1.54) is 21.4 Å². The molecule has 0 aliphatic carbocycles. The lowest BCUT2D eigenvalue weighted by Gasteiger charge is -2.09. The molecule has 0 unspecified atom stereocenters. The van der Waals surface area contributed by atoms with E-state index in [2.05, 4.69) is 21.2 Å². The van der Waals surface area contributed by atoms with E-state index in [0.717, 1.165) is 10.2 Å². The largest absolute Gasteiger partial charge is 0.383 e. The van der Waals surface area contributed by atoms with E-state index in [9.17, 15) is 9.59 Å². The monoisotopic (exact) mass is 323 g/mol. The Balaban J connectivity index is 2.06. The van der Waals surface area contributed by atoms with Crippen molar-refractivity contribution in [3.63, 3.8) is 0 Å². The smallest absolute Gasteiger partial charge is 0.330 e. The van der Waals surface area contributed by atoms with Gasteiger partial charge in [0, 0.05) is 42.6 Å². The highest BCUT2D eigenvalue weighted by molar-refractivity contribution is 9.10.